The minimum Gasteiger partial charge on any atom is -0.394 e. The zero-order chi connectivity index (χ0) is 21.2. The molecule has 3 N–H and O–H groups in total. The van der Waals surface area contributed by atoms with Crippen molar-refractivity contribution in [2.24, 2.45) is 0 Å². The van der Waals surface area contributed by atoms with E-state index in [1.54, 1.807) is 0 Å². The summed E-state index contributed by atoms with van der Waals surface area (Å²) >= 11 is 0. The normalized spacial score (nSPS) is 24.8. The van der Waals surface area contributed by atoms with Crippen LogP contribution in [0.25, 0.3) is 0 Å². The first-order chi connectivity index (χ1) is 14.2. The molecule has 0 aliphatic carbocycles. The third-order valence-corrected chi connectivity index (χ3v) is 6.07. The summed E-state index contributed by atoms with van der Waals surface area (Å²) in [5.41, 5.74) is 0. The van der Waals surface area contributed by atoms with Crippen LogP contribution in [0.3, 0.4) is 0 Å². The van der Waals surface area contributed by atoms with E-state index < -0.39 is 24.4 Å². The van der Waals surface area contributed by atoms with E-state index in [1.807, 2.05) is 0 Å². The van der Waals surface area contributed by atoms with Crippen LogP contribution in [0.4, 0.5) is 0 Å². The topological polar surface area (TPSA) is 79.2 Å². The SMILES string of the molecule is CCCCCCCCCCCCCCCCCCO[C@H]1[C@H](O)[C@@H](O)CO[C@@H]1CO. The molecule has 1 fully saturated rings. The van der Waals surface area contributed by atoms with Crippen LogP contribution < -0.4 is 0 Å². The fourth-order valence-corrected chi connectivity index (χ4v) is 4.09. The average molecular weight is 417 g/mol. The molecule has 1 aliphatic rings. The van der Waals surface area contributed by atoms with Gasteiger partial charge in [-0.2, -0.15) is 0 Å². The fraction of sp³-hybridized carbons (Fsp3) is 1.00. The Hall–Kier alpha value is -0.200. The fourth-order valence-electron chi connectivity index (χ4n) is 4.09. The third-order valence-electron chi connectivity index (χ3n) is 6.07. The predicted molar refractivity (Wildman–Crippen MR) is 118 cm³/mol. The minimum atomic E-state index is -0.984. The molecule has 174 valence electrons. The number of aliphatic hydroxyl groups excluding tert-OH is 3. The van der Waals surface area contributed by atoms with E-state index in [0.29, 0.717) is 6.61 Å². The second-order valence-corrected chi connectivity index (χ2v) is 8.75. The van der Waals surface area contributed by atoms with E-state index in [9.17, 15) is 15.3 Å². The summed E-state index contributed by atoms with van der Waals surface area (Å²) in [4.78, 5) is 0. The van der Waals surface area contributed by atoms with E-state index in [2.05, 4.69) is 6.92 Å². The van der Waals surface area contributed by atoms with Crippen LogP contribution in [0.2, 0.25) is 0 Å². The first kappa shape index (κ1) is 26.8. The average Bonchev–Trinajstić information content (AvgIpc) is 2.73. The summed E-state index contributed by atoms with van der Waals surface area (Å²) in [5.74, 6) is 0. The van der Waals surface area contributed by atoms with E-state index in [4.69, 9.17) is 9.47 Å². The van der Waals surface area contributed by atoms with Crippen molar-refractivity contribution in [3.8, 4) is 0 Å². The summed E-state index contributed by atoms with van der Waals surface area (Å²) in [6.07, 6.45) is 18.2. The number of hydrogen-bond acceptors (Lipinski definition) is 5. The molecule has 0 aromatic carbocycles. The second-order valence-electron chi connectivity index (χ2n) is 8.75. The summed E-state index contributed by atoms with van der Waals surface area (Å²) in [6.45, 7) is 2.65. The number of aliphatic hydroxyl groups is 3. The van der Waals surface area contributed by atoms with Crippen molar-refractivity contribution >= 4 is 0 Å². The predicted octanol–water partition coefficient (Wildman–Crippen LogP) is 4.75. The number of ether oxygens (including phenoxy) is 2. The molecule has 0 radical (unpaired) electrons. The lowest BCUT2D eigenvalue weighted by molar-refractivity contribution is -0.211. The van der Waals surface area contributed by atoms with Gasteiger partial charge in [-0.15, -0.1) is 0 Å². The van der Waals surface area contributed by atoms with Gasteiger partial charge in [0.05, 0.1) is 13.2 Å². The molecule has 4 atom stereocenters. The van der Waals surface area contributed by atoms with Crippen molar-refractivity contribution in [3.05, 3.63) is 0 Å². The molecule has 1 aliphatic heterocycles. The summed E-state index contributed by atoms with van der Waals surface area (Å²) in [7, 11) is 0. The minimum absolute atomic E-state index is 0.0469. The second kappa shape index (κ2) is 18.6. The lowest BCUT2D eigenvalue weighted by Gasteiger charge is -2.37. The summed E-state index contributed by atoms with van der Waals surface area (Å²) in [6, 6.07) is 0. The van der Waals surface area contributed by atoms with Crippen LogP contribution in [0.5, 0.6) is 0 Å². The van der Waals surface area contributed by atoms with Crippen LogP contribution in [-0.2, 0) is 9.47 Å². The Labute approximate surface area is 179 Å². The van der Waals surface area contributed by atoms with Crippen LogP contribution in [-0.4, -0.2) is 59.6 Å². The van der Waals surface area contributed by atoms with Crippen molar-refractivity contribution in [2.75, 3.05) is 19.8 Å². The van der Waals surface area contributed by atoms with Gasteiger partial charge in [-0.25, -0.2) is 0 Å². The Balaban J connectivity index is 1.83. The van der Waals surface area contributed by atoms with E-state index in [0.717, 1.165) is 12.8 Å². The van der Waals surface area contributed by atoms with Gasteiger partial charge in [0.1, 0.15) is 24.4 Å². The molecule has 5 heteroatoms. The monoisotopic (exact) mass is 416 g/mol. The van der Waals surface area contributed by atoms with Gasteiger partial charge in [0.25, 0.3) is 0 Å². The highest BCUT2D eigenvalue weighted by molar-refractivity contribution is 4.87. The van der Waals surface area contributed by atoms with Gasteiger partial charge in [-0.3, -0.25) is 0 Å². The molecule has 0 spiro atoms. The molecule has 0 aromatic heterocycles. The Morgan fingerprint density at radius 2 is 1.17 bits per heavy atom. The van der Waals surface area contributed by atoms with Crippen molar-refractivity contribution in [2.45, 2.75) is 134 Å². The zero-order valence-electron chi connectivity index (χ0n) is 18.9. The van der Waals surface area contributed by atoms with E-state index in [-0.39, 0.29) is 13.2 Å². The summed E-state index contributed by atoms with van der Waals surface area (Å²) in [5, 5.41) is 29.0. The van der Waals surface area contributed by atoms with Crippen LogP contribution in [0.1, 0.15) is 110 Å². The van der Waals surface area contributed by atoms with Crippen molar-refractivity contribution in [1.82, 2.24) is 0 Å². The molecule has 0 unspecified atom stereocenters. The highest BCUT2D eigenvalue weighted by atomic mass is 16.6. The van der Waals surface area contributed by atoms with E-state index in [1.165, 1.54) is 89.9 Å². The quantitative estimate of drug-likeness (QED) is 0.265. The maximum Gasteiger partial charge on any atom is 0.114 e. The van der Waals surface area contributed by atoms with Crippen molar-refractivity contribution in [3.63, 3.8) is 0 Å². The Morgan fingerprint density at radius 1 is 0.724 bits per heavy atom. The van der Waals surface area contributed by atoms with Gasteiger partial charge in [-0.05, 0) is 6.42 Å². The molecule has 1 heterocycles. The van der Waals surface area contributed by atoms with Gasteiger partial charge in [-0.1, -0.05) is 103 Å². The molecular weight excluding hydrogens is 368 g/mol. The molecule has 5 nitrogen and oxygen atoms in total. The standard InChI is InChI=1S/C24H48O5/c1-2-3-4-5-6-7-8-9-10-11-12-13-14-15-16-17-18-28-24-22(19-25)29-20-21(26)23(24)27/h21-27H,2-20H2,1H3/t21-,22+,23+,24+/m0/s1. The first-order valence-electron chi connectivity index (χ1n) is 12.4. The lowest BCUT2D eigenvalue weighted by Crippen LogP contribution is -2.55. The molecule has 0 aromatic rings. The number of hydrogen-bond donors (Lipinski definition) is 3. The lowest BCUT2D eigenvalue weighted by atomic mass is 10.0. The Bertz CT molecular complexity index is 350. The highest BCUT2D eigenvalue weighted by Gasteiger charge is 2.39. The zero-order valence-corrected chi connectivity index (χ0v) is 18.9. The molecule has 0 bridgehead atoms. The third kappa shape index (κ3) is 13.0. The van der Waals surface area contributed by atoms with Gasteiger partial charge < -0.3 is 24.8 Å². The highest BCUT2D eigenvalue weighted by Crippen LogP contribution is 2.19. The number of rotatable bonds is 19. The van der Waals surface area contributed by atoms with Crippen LogP contribution >= 0.6 is 0 Å². The maximum atomic E-state index is 10.0. The maximum absolute atomic E-state index is 10.0. The summed E-state index contributed by atoms with van der Waals surface area (Å²) < 4.78 is 11.0. The smallest absolute Gasteiger partial charge is 0.114 e. The molecule has 1 rings (SSSR count). The molecular formula is C24H48O5. The van der Waals surface area contributed by atoms with Gasteiger partial charge in [0.2, 0.25) is 0 Å². The Kier molecular flexibility index (Phi) is 17.2. The van der Waals surface area contributed by atoms with Crippen LogP contribution in [0, 0.1) is 0 Å². The van der Waals surface area contributed by atoms with Gasteiger partial charge in [0, 0.05) is 6.61 Å². The van der Waals surface area contributed by atoms with Crippen molar-refractivity contribution < 1.29 is 24.8 Å². The number of unbranched alkanes of at least 4 members (excludes halogenated alkanes) is 15. The largest absolute Gasteiger partial charge is 0.394 e. The van der Waals surface area contributed by atoms with Crippen LogP contribution in [0.15, 0.2) is 0 Å². The molecule has 29 heavy (non-hydrogen) atoms. The van der Waals surface area contributed by atoms with E-state index >= 15 is 0 Å². The van der Waals surface area contributed by atoms with Gasteiger partial charge in [0.15, 0.2) is 0 Å². The van der Waals surface area contributed by atoms with Gasteiger partial charge >= 0.3 is 0 Å². The molecule has 0 saturated carbocycles. The molecule has 1 saturated heterocycles. The first-order valence-corrected chi connectivity index (χ1v) is 12.4. The molecule has 0 amide bonds. The Morgan fingerprint density at radius 3 is 1.62 bits per heavy atom. The van der Waals surface area contributed by atoms with Crippen molar-refractivity contribution in [1.29, 1.82) is 0 Å².